The Bertz CT molecular complexity index is 454. The molecule has 0 aromatic heterocycles. The summed E-state index contributed by atoms with van der Waals surface area (Å²) in [6, 6.07) is 7.29. The molecule has 102 valence electrons. The Morgan fingerprint density at radius 3 is 2.53 bits per heavy atom. The molecule has 0 N–H and O–H groups in total. The molecule has 0 radical (unpaired) electrons. The van der Waals surface area contributed by atoms with Crippen molar-refractivity contribution in [2.75, 3.05) is 13.7 Å². The van der Waals surface area contributed by atoms with Crippen LogP contribution >= 0.6 is 0 Å². The van der Waals surface area contributed by atoms with Gasteiger partial charge in [0.1, 0.15) is 11.6 Å². The summed E-state index contributed by atoms with van der Waals surface area (Å²) in [6.07, 6.45) is 1.69. The first-order chi connectivity index (χ1) is 9.06. The van der Waals surface area contributed by atoms with Gasteiger partial charge in [0, 0.05) is 13.0 Å². The van der Waals surface area contributed by atoms with Crippen LogP contribution in [-0.2, 0) is 11.3 Å². The minimum Gasteiger partial charge on any atom is -0.497 e. The predicted molar refractivity (Wildman–Crippen MR) is 73.5 cm³/mol. The average molecular weight is 263 g/mol. The van der Waals surface area contributed by atoms with E-state index < -0.39 is 5.83 Å². The van der Waals surface area contributed by atoms with E-state index in [1.165, 1.54) is 11.0 Å². The normalized spacial score (nSPS) is 9.79. The number of ether oxygens (including phenoxy) is 1. The average Bonchev–Trinajstić information content (AvgIpc) is 2.38. The third-order valence-electron chi connectivity index (χ3n) is 2.57. The molecule has 0 fully saturated rings. The van der Waals surface area contributed by atoms with E-state index in [-0.39, 0.29) is 18.9 Å². The van der Waals surface area contributed by atoms with Crippen LogP contribution in [0.2, 0.25) is 0 Å². The van der Waals surface area contributed by atoms with E-state index in [0.717, 1.165) is 11.3 Å². The van der Waals surface area contributed by atoms with Crippen LogP contribution in [0.4, 0.5) is 4.39 Å². The smallest absolute Gasteiger partial charge is 0.227 e. The molecule has 0 saturated heterocycles. The highest BCUT2D eigenvalue weighted by Gasteiger charge is 2.13. The summed E-state index contributed by atoms with van der Waals surface area (Å²) in [5.74, 6) is 0.0261. The van der Waals surface area contributed by atoms with Crippen molar-refractivity contribution in [3.05, 3.63) is 54.9 Å². The number of benzene rings is 1. The molecule has 0 aliphatic carbocycles. The molecule has 1 amide bonds. The van der Waals surface area contributed by atoms with Crippen LogP contribution in [-0.4, -0.2) is 24.5 Å². The third-order valence-corrected chi connectivity index (χ3v) is 2.57. The highest BCUT2D eigenvalue weighted by Crippen LogP contribution is 2.14. The van der Waals surface area contributed by atoms with Crippen LogP contribution in [0.25, 0.3) is 0 Å². The van der Waals surface area contributed by atoms with Gasteiger partial charge in [-0.05, 0) is 17.7 Å². The molecule has 1 aromatic rings. The summed E-state index contributed by atoms with van der Waals surface area (Å²) in [7, 11) is 1.59. The van der Waals surface area contributed by atoms with Gasteiger partial charge >= 0.3 is 0 Å². The minimum absolute atomic E-state index is 0.0985. The molecule has 0 aliphatic heterocycles. The first kappa shape index (κ1) is 15.0. The molecule has 0 atom stereocenters. The number of amides is 1. The highest BCUT2D eigenvalue weighted by atomic mass is 19.1. The van der Waals surface area contributed by atoms with Crippen LogP contribution in [0.15, 0.2) is 49.3 Å². The highest BCUT2D eigenvalue weighted by molar-refractivity contribution is 5.77. The van der Waals surface area contributed by atoms with Gasteiger partial charge in [0.2, 0.25) is 5.91 Å². The molecule has 19 heavy (non-hydrogen) atoms. The SMILES string of the molecule is C=CCC(=O)N(CC(=C)F)Cc1ccc(OC)cc1. The summed E-state index contributed by atoms with van der Waals surface area (Å²) >= 11 is 0. The second-order valence-corrected chi connectivity index (χ2v) is 4.11. The first-order valence-corrected chi connectivity index (χ1v) is 5.91. The first-order valence-electron chi connectivity index (χ1n) is 5.91. The molecule has 0 bridgehead atoms. The maximum absolute atomic E-state index is 12.9. The Hall–Kier alpha value is -2.10. The summed E-state index contributed by atoms with van der Waals surface area (Å²) in [4.78, 5) is 13.2. The molecule has 0 aliphatic rings. The fourth-order valence-electron chi connectivity index (χ4n) is 1.64. The van der Waals surface area contributed by atoms with Crippen molar-refractivity contribution in [3.63, 3.8) is 0 Å². The van der Waals surface area contributed by atoms with Crippen LogP contribution in [0.3, 0.4) is 0 Å². The van der Waals surface area contributed by atoms with E-state index in [1.807, 2.05) is 12.1 Å². The second kappa shape index (κ2) is 7.36. The fourth-order valence-corrected chi connectivity index (χ4v) is 1.64. The van der Waals surface area contributed by atoms with Gasteiger partial charge < -0.3 is 9.64 Å². The van der Waals surface area contributed by atoms with Crippen LogP contribution < -0.4 is 4.74 Å². The Labute approximate surface area is 113 Å². The van der Waals surface area contributed by atoms with Gasteiger partial charge in [-0.3, -0.25) is 4.79 Å². The van der Waals surface area contributed by atoms with Crippen LogP contribution in [0, 0.1) is 0 Å². The zero-order valence-corrected chi connectivity index (χ0v) is 11.1. The third kappa shape index (κ3) is 4.95. The maximum atomic E-state index is 12.9. The zero-order valence-electron chi connectivity index (χ0n) is 11.1. The van der Waals surface area contributed by atoms with E-state index >= 15 is 0 Å². The number of hydrogen-bond acceptors (Lipinski definition) is 2. The number of halogens is 1. The summed E-state index contributed by atoms with van der Waals surface area (Å²) < 4.78 is 18.0. The molecule has 0 spiro atoms. The van der Waals surface area contributed by atoms with Crippen molar-refractivity contribution in [2.45, 2.75) is 13.0 Å². The Balaban J connectivity index is 2.77. The summed E-state index contributed by atoms with van der Waals surface area (Å²) in [5.41, 5.74) is 0.902. The van der Waals surface area contributed by atoms with Gasteiger partial charge in [-0.2, -0.15) is 0 Å². The molecule has 0 unspecified atom stereocenters. The Morgan fingerprint density at radius 2 is 2.05 bits per heavy atom. The van der Waals surface area contributed by atoms with E-state index in [9.17, 15) is 9.18 Å². The largest absolute Gasteiger partial charge is 0.497 e. The topological polar surface area (TPSA) is 29.5 Å². The lowest BCUT2D eigenvalue weighted by atomic mass is 10.2. The Morgan fingerprint density at radius 1 is 1.42 bits per heavy atom. The van der Waals surface area contributed by atoms with Gasteiger partial charge in [0.15, 0.2) is 0 Å². The predicted octanol–water partition coefficient (Wildman–Crippen LogP) is 3.08. The molecule has 0 heterocycles. The molecule has 0 saturated carbocycles. The minimum atomic E-state index is -0.536. The lowest BCUT2D eigenvalue weighted by Crippen LogP contribution is -2.31. The molecule has 1 aromatic carbocycles. The number of rotatable bonds is 7. The lowest BCUT2D eigenvalue weighted by Gasteiger charge is -2.21. The van der Waals surface area contributed by atoms with Crippen LogP contribution in [0.1, 0.15) is 12.0 Å². The number of carbonyl (C=O) groups is 1. The van der Waals surface area contributed by atoms with E-state index in [1.54, 1.807) is 19.2 Å². The van der Waals surface area contributed by atoms with Crippen molar-refractivity contribution in [1.82, 2.24) is 4.90 Å². The van der Waals surface area contributed by atoms with Crippen LogP contribution in [0.5, 0.6) is 5.75 Å². The van der Waals surface area contributed by atoms with Gasteiger partial charge in [-0.15, -0.1) is 6.58 Å². The fraction of sp³-hybridized carbons (Fsp3) is 0.267. The molecular weight excluding hydrogens is 245 g/mol. The van der Waals surface area contributed by atoms with Crippen molar-refractivity contribution in [2.24, 2.45) is 0 Å². The lowest BCUT2D eigenvalue weighted by molar-refractivity contribution is -0.130. The number of hydrogen-bond donors (Lipinski definition) is 0. The van der Waals surface area contributed by atoms with Crippen molar-refractivity contribution in [3.8, 4) is 5.75 Å². The summed E-state index contributed by atoms with van der Waals surface area (Å²) in [6.45, 7) is 6.95. The van der Waals surface area contributed by atoms with E-state index in [0.29, 0.717) is 6.54 Å². The zero-order chi connectivity index (χ0) is 14.3. The van der Waals surface area contributed by atoms with Crippen molar-refractivity contribution in [1.29, 1.82) is 0 Å². The van der Waals surface area contributed by atoms with Crippen molar-refractivity contribution >= 4 is 5.91 Å². The quantitative estimate of drug-likeness (QED) is 0.707. The van der Waals surface area contributed by atoms with Gasteiger partial charge in [-0.25, -0.2) is 4.39 Å². The van der Waals surface area contributed by atoms with Crippen molar-refractivity contribution < 1.29 is 13.9 Å². The molecule has 3 nitrogen and oxygen atoms in total. The van der Waals surface area contributed by atoms with Gasteiger partial charge in [0.25, 0.3) is 0 Å². The van der Waals surface area contributed by atoms with Gasteiger partial charge in [0.05, 0.1) is 13.7 Å². The van der Waals surface area contributed by atoms with E-state index in [4.69, 9.17) is 4.74 Å². The number of methoxy groups -OCH3 is 1. The molecule has 4 heteroatoms. The van der Waals surface area contributed by atoms with E-state index in [2.05, 4.69) is 13.2 Å². The number of carbonyl (C=O) groups excluding carboxylic acids is 1. The Kier molecular flexibility index (Phi) is 5.79. The summed E-state index contributed by atoms with van der Waals surface area (Å²) in [5, 5.41) is 0. The molecule has 1 rings (SSSR count). The number of nitrogens with zero attached hydrogens (tertiary/aromatic N) is 1. The van der Waals surface area contributed by atoms with Gasteiger partial charge in [-0.1, -0.05) is 24.8 Å². The standard InChI is InChI=1S/C15H18FNO2/c1-4-5-15(18)17(10-12(2)16)11-13-6-8-14(19-3)9-7-13/h4,6-9H,1-2,5,10-11H2,3H3. The molecular formula is C15H18FNO2. The maximum Gasteiger partial charge on any atom is 0.227 e. The monoisotopic (exact) mass is 263 g/mol. The second-order valence-electron chi connectivity index (χ2n) is 4.11.